The van der Waals surface area contributed by atoms with Crippen LogP contribution >= 0.6 is 11.3 Å². The monoisotopic (exact) mass is 470 g/mol. The first-order valence-electron chi connectivity index (χ1n) is 11.2. The Morgan fingerprint density at radius 1 is 0.912 bits per heavy atom. The second-order valence-electron chi connectivity index (χ2n) is 8.35. The second-order valence-corrected chi connectivity index (χ2v) is 9.29. The number of fused-ring (bicyclic) bond motifs is 2. The van der Waals surface area contributed by atoms with E-state index >= 15 is 0 Å². The van der Waals surface area contributed by atoms with Crippen molar-refractivity contribution in [2.45, 2.75) is 6.67 Å². The Morgan fingerprint density at radius 3 is 2.41 bits per heavy atom. The number of thiophene rings is 1. The standard InChI is InChI=1S/C25H22N6O2S/c32-24-18-7-2-1-6-17(18)22(21-10-5-15-34-21)28-31(24)16-29-11-13-30(14-12-29)25(33)23-19-8-3-4-9-20(19)26-27-23/h1-10,15H,11-14,16H2,(H,26,27). The molecule has 1 fully saturated rings. The lowest BCUT2D eigenvalue weighted by molar-refractivity contribution is 0.0580. The van der Waals surface area contributed by atoms with Crippen molar-refractivity contribution in [2.24, 2.45) is 0 Å². The Balaban J connectivity index is 1.22. The third-order valence-electron chi connectivity index (χ3n) is 6.29. The van der Waals surface area contributed by atoms with Gasteiger partial charge in [-0.2, -0.15) is 10.2 Å². The summed E-state index contributed by atoms with van der Waals surface area (Å²) in [5.41, 5.74) is 2.03. The fourth-order valence-corrected chi connectivity index (χ4v) is 5.21. The summed E-state index contributed by atoms with van der Waals surface area (Å²) in [4.78, 5) is 31.3. The summed E-state index contributed by atoms with van der Waals surface area (Å²) in [6.45, 7) is 2.84. The van der Waals surface area contributed by atoms with Crippen LogP contribution in [0.4, 0.5) is 0 Å². The number of nitrogens with zero attached hydrogens (tertiary/aromatic N) is 5. The summed E-state index contributed by atoms with van der Waals surface area (Å²) in [6.07, 6.45) is 0. The van der Waals surface area contributed by atoms with Crippen LogP contribution in [-0.2, 0) is 6.67 Å². The lowest BCUT2D eigenvalue weighted by Crippen LogP contribution is -2.50. The molecule has 0 bridgehead atoms. The average Bonchev–Trinajstić information content (AvgIpc) is 3.56. The molecule has 0 spiro atoms. The highest BCUT2D eigenvalue weighted by Gasteiger charge is 2.26. The molecule has 1 aliphatic rings. The van der Waals surface area contributed by atoms with E-state index in [4.69, 9.17) is 5.10 Å². The molecule has 6 rings (SSSR count). The molecule has 0 radical (unpaired) electrons. The van der Waals surface area contributed by atoms with E-state index in [0.717, 1.165) is 26.9 Å². The quantitative estimate of drug-likeness (QED) is 0.435. The maximum Gasteiger partial charge on any atom is 0.275 e. The van der Waals surface area contributed by atoms with Crippen LogP contribution in [0.3, 0.4) is 0 Å². The molecular weight excluding hydrogens is 448 g/mol. The lowest BCUT2D eigenvalue weighted by atomic mass is 10.1. The highest BCUT2D eigenvalue weighted by atomic mass is 32.1. The number of piperazine rings is 1. The van der Waals surface area contributed by atoms with Crippen LogP contribution in [0.25, 0.3) is 32.2 Å². The molecule has 1 amide bonds. The van der Waals surface area contributed by atoms with E-state index in [1.54, 1.807) is 16.0 Å². The van der Waals surface area contributed by atoms with Crippen molar-refractivity contribution in [3.63, 3.8) is 0 Å². The minimum atomic E-state index is -0.0996. The molecule has 5 aromatic rings. The highest BCUT2D eigenvalue weighted by molar-refractivity contribution is 7.13. The number of aromatic nitrogens is 4. The van der Waals surface area contributed by atoms with E-state index in [2.05, 4.69) is 15.1 Å². The molecule has 1 aliphatic heterocycles. The first kappa shape index (κ1) is 20.8. The predicted octanol–water partition coefficient (Wildman–Crippen LogP) is 3.42. The third kappa shape index (κ3) is 3.59. The van der Waals surface area contributed by atoms with Crippen LogP contribution in [0.2, 0.25) is 0 Å². The zero-order valence-electron chi connectivity index (χ0n) is 18.3. The van der Waals surface area contributed by atoms with E-state index < -0.39 is 0 Å². The largest absolute Gasteiger partial charge is 0.335 e. The first-order valence-corrected chi connectivity index (χ1v) is 12.1. The predicted molar refractivity (Wildman–Crippen MR) is 133 cm³/mol. The Kier molecular flexibility index (Phi) is 5.20. The number of benzene rings is 2. The molecule has 9 heteroatoms. The lowest BCUT2D eigenvalue weighted by Gasteiger charge is -2.34. The fourth-order valence-electron chi connectivity index (χ4n) is 4.48. The van der Waals surface area contributed by atoms with Gasteiger partial charge in [0.1, 0.15) is 5.69 Å². The van der Waals surface area contributed by atoms with Crippen molar-refractivity contribution in [1.82, 2.24) is 29.8 Å². The second kappa shape index (κ2) is 8.51. The Morgan fingerprint density at radius 2 is 1.65 bits per heavy atom. The van der Waals surface area contributed by atoms with Gasteiger partial charge < -0.3 is 4.90 Å². The molecule has 0 atom stereocenters. The molecule has 0 unspecified atom stereocenters. The number of hydrogen-bond donors (Lipinski definition) is 1. The van der Waals surface area contributed by atoms with Crippen molar-refractivity contribution >= 4 is 38.9 Å². The van der Waals surface area contributed by atoms with E-state index in [9.17, 15) is 9.59 Å². The van der Waals surface area contributed by atoms with Crippen LogP contribution in [0.1, 0.15) is 10.5 Å². The van der Waals surface area contributed by atoms with Crippen molar-refractivity contribution in [3.8, 4) is 10.6 Å². The van der Waals surface area contributed by atoms with Gasteiger partial charge in [-0.05, 0) is 23.6 Å². The molecule has 34 heavy (non-hydrogen) atoms. The summed E-state index contributed by atoms with van der Waals surface area (Å²) >= 11 is 1.61. The van der Waals surface area contributed by atoms with Gasteiger partial charge in [0.2, 0.25) is 0 Å². The van der Waals surface area contributed by atoms with Crippen molar-refractivity contribution in [3.05, 3.63) is 82.1 Å². The first-order chi connectivity index (χ1) is 16.7. The summed E-state index contributed by atoms with van der Waals surface area (Å²) in [6, 6.07) is 19.3. The fraction of sp³-hybridized carbons (Fsp3) is 0.200. The maximum absolute atomic E-state index is 13.2. The van der Waals surface area contributed by atoms with Crippen molar-refractivity contribution < 1.29 is 4.79 Å². The zero-order chi connectivity index (χ0) is 23.1. The van der Waals surface area contributed by atoms with Gasteiger partial charge in [0.05, 0.1) is 22.4 Å². The third-order valence-corrected chi connectivity index (χ3v) is 7.17. The summed E-state index contributed by atoms with van der Waals surface area (Å²) < 4.78 is 1.55. The number of aromatic amines is 1. The van der Waals surface area contributed by atoms with E-state index in [1.165, 1.54) is 0 Å². The normalized spacial score (nSPS) is 14.8. The number of H-pyrrole nitrogens is 1. The molecule has 3 aromatic heterocycles. The Bertz CT molecular complexity index is 1550. The van der Waals surface area contributed by atoms with Gasteiger partial charge in [0.15, 0.2) is 5.69 Å². The summed E-state index contributed by atoms with van der Waals surface area (Å²) in [7, 11) is 0. The van der Waals surface area contributed by atoms with Crippen molar-refractivity contribution in [1.29, 1.82) is 0 Å². The Labute approximate surface area is 199 Å². The topological polar surface area (TPSA) is 87.1 Å². The van der Waals surface area contributed by atoms with Gasteiger partial charge in [-0.15, -0.1) is 11.3 Å². The molecule has 1 N–H and O–H groups in total. The van der Waals surface area contributed by atoms with E-state index in [0.29, 0.717) is 43.9 Å². The molecule has 170 valence electrons. The van der Waals surface area contributed by atoms with Crippen molar-refractivity contribution in [2.75, 3.05) is 26.2 Å². The number of carbonyl (C=O) groups is 1. The maximum atomic E-state index is 13.2. The zero-order valence-corrected chi connectivity index (χ0v) is 19.2. The number of amides is 1. The van der Waals surface area contributed by atoms with Gasteiger partial charge >= 0.3 is 0 Å². The van der Waals surface area contributed by atoms with Crippen LogP contribution < -0.4 is 5.56 Å². The number of hydrogen-bond acceptors (Lipinski definition) is 6. The van der Waals surface area contributed by atoms with E-state index in [1.807, 2.05) is 70.9 Å². The molecule has 4 heterocycles. The highest BCUT2D eigenvalue weighted by Crippen LogP contribution is 2.28. The smallest absolute Gasteiger partial charge is 0.275 e. The molecule has 0 saturated carbocycles. The number of nitrogens with one attached hydrogen (secondary N) is 1. The van der Waals surface area contributed by atoms with Gasteiger partial charge in [0.25, 0.3) is 11.5 Å². The van der Waals surface area contributed by atoms with Crippen LogP contribution in [0.15, 0.2) is 70.8 Å². The molecular formula is C25H22N6O2S. The number of carbonyl (C=O) groups excluding carboxylic acids is 1. The van der Waals surface area contributed by atoms with Gasteiger partial charge in [-0.3, -0.25) is 19.6 Å². The Hall–Kier alpha value is -3.82. The summed E-state index contributed by atoms with van der Waals surface area (Å²) in [5.74, 6) is -0.0712. The van der Waals surface area contributed by atoms with Gasteiger partial charge in [0, 0.05) is 37.0 Å². The summed E-state index contributed by atoms with van der Waals surface area (Å²) in [5, 5.41) is 16.3. The van der Waals surface area contributed by atoms with Crippen LogP contribution in [0.5, 0.6) is 0 Å². The molecule has 2 aromatic carbocycles. The van der Waals surface area contributed by atoms with Gasteiger partial charge in [-0.25, -0.2) is 4.68 Å². The van der Waals surface area contributed by atoms with Gasteiger partial charge in [-0.1, -0.05) is 42.5 Å². The number of para-hydroxylation sites is 1. The molecule has 8 nitrogen and oxygen atoms in total. The minimum absolute atomic E-state index is 0.0712. The van der Waals surface area contributed by atoms with E-state index in [-0.39, 0.29) is 11.5 Å². The SMILES string of the molecule is O=C(c1n[nH]c2ccccc12)N1CCN(Cn2nc(-c3cccs3)c3ccccc3c2=O)CC1. The van der Waals surface area contributed by atoms with Crippen LogP contribution in [0, 0.1) is 0 Å². The molecule has 0 aliphatic carbocycles. The minimum Gasteiger partial charge on any atom is -0.335 e. The molecule has 1 saturated heterocycles. The van der Waals surface area contributed by atoms with Crippen LogP contribution in [-0.4, -0.2) is 61.9 Å². The average molecular weight is 471 g/mol. The number of rotatable bonds is 4.